The van der Waals surface area contributed by atoms with Crippen LogP contribution in [-0.2, 0) is 16.6 Å². The van der Waals surface area contributed by atoms with Gasteiger partial charge in [0.1, 0.15) is 5.75 Å². The van der Waals surface area contributed by atoms with Crippen molar-refractivity contribution in [2.45, 2.75) is 44.4 Å². The van der Waals surface area contributed by atoms with Crippen LogP contribution in [0.25, 0.3) is 0 Å². The molecule has 0 aromatic heterocycles. The van der Waals surface area contributed by atoms with E-state index in [-0.39, 0.29) is 11.2 Å². The molecule has 2 aliphatic carbocycles. The Balaban J connectivity index is 2.14. The number of allylic oxidation sites excluding steroid dienone is 4. The number of ketones is 1. The Morgan fingerprint density at radius 3 is 2.90 bits per heavy atom. The van der Waals surface area contributed by atoms with Crippen LogP contribution in [0.1, 0.15) is 43.7 Å². The Bertz CT molecular complexity index is 624. The highest BCUT2D eigenvalue weighted by molar-refractivity contribution is 5.92. The van der Waals surface area contributed by atoms with Gasteiger partial charge in [-0.3, -0.25) is 4.79 Å². The molecule has 0 bridgehead atoms. The minimum Gasteiger partial charge on any atom is -0.497 e. The van der Waals surface area contributed by atoms with Crippen LogP contribution in [0.3, 0.4) is 0 Å². The fraction of sp³-hybridized carbons (Fsp3) is 0.421. The largest absolute Gasteiger partial charge is 0.497 e. The normalized spacial score (nSPS) is 24.5. The van der Waals surface area contributed by atoms with Crippen LogP contribution in [0.2, 0.25) is 0 Å². The van der Waals surface area contributed by atoms with Crippen LogP contribution in [0, 0.1) is 0 Å². The summed E-state index contributed by atoms with van der Waals surface area (Å²) < 4.78 is 5.36. The van der Waals surface area contributed by atoms with Crippen molar-refractivity contribution >= 4 is 5.78 Å². The quantitative estimate of drug-likeness (QED) is 0.779. The van der Waals surface area contributed by atoms with Gasteiger partial charge in [-0.05, 0) is 61.9 Å². The second-order valence-corrected chi connectivity index (χ2v) is 6.01. The summed E-state index contributed by atoms with van der Waals surface area (Å²) >= 11 is 0. The van der Waals surface area contributed by atoms with Crippen molar-refractivity contribution in [1.29, 1.82) is 0 Å². The molecule has 21 heavy (non-hydrogen) atoms. The van der Waals surface area contributed by atoms with Crippen LogP contribution < -0.4 is 4.74 Å². The van der Waals surface area contributed by atoms with E-state index < -0.39 is 0 Å². The molecule has 1 atom stereocenters. The number of hydrogen-bond acceptors (Lipinski definition) is 2. The van der Waals surface area contributed by atoms with E-state index in [1.165, 1.54) is 16.7 Å². The first kappa shape index (κ1) is 14.1. The molecule has 1 aromatic carbocycles. The molecule has 0 radical (unpaired) electrons. The van der Waals surface area contributed by atoms with Gasteiger partial charge in [0.15, 0.2) is 5.78 Å². The number of ether oxygens (including phenoxy) is 1. The lowest BCUT2D eigenvalue weighted by atomic mass is 9.60. The summed E-state index contributed by atoms with van der Waals surface area (Å²) in [6.45, 7) is 2.06. The maximum Gasteiger partial charge on any atom is 0.155 e. The summed E-state index contributed by atoms with van der Waals surface area (Å²) in [6, 6.07) is 6.43. The van der Waals surface area contributed by atoms with Crippen LogP contribution in [0.5, 0.6) is 5.75 Å². The minimum atomic E-state index is 0.0281. The highest BCUT2D eigenvalue weighted by atomic mass is 16.5. The summed E-state index contributed by atoms with van der Waals surface area (Å²) in [5.74, 6) is 1.22. The predicted molar refractivity (Wildman–Crippen MR) is 84.7 cm³/mol. The summed E-state index contributed by atoms with van der Waals surface area (Å²) in [5, 5.41) is 0. The summed E-state index contributed by atoms with van der Waals surface area (Å²) in [5.41, 5.74) is 4.13. The average molecular weight is 282 g/mol. The van der Waals surface area contributed by atoms with E-state index in [0.29, 0.717) is 6.42 Å². The van der Waals surface area contributed by atoms with Crippen molar-refractivity contribution in [3.05, 3.63) is 53.1 Å². The minimum absolute atomic E-state index is 0.0281. The number of fused-ring (bicyclic) bond motifs is 3. The maximum atomic E-state index is 11.8. The molecule has 0 amide bonds. The van der Waals surface area contributed by atoms with Gasteiger partial charge in [0, 0.05) is 11.8 Å². The second kappa shape index (κ2) is 5.51. The lowest BCUT2D eigenvalue weighted by molar-refractivity contribution is -0.115. The van der Waals surface area contributed by atoms with Crippen molar-refractivity contribution in [2.24, 2.45) is 0 Å². The van der Waals surface area contributed by atoms with Crippen molar-refractivity contribution in [1.82, 2.24) is 0 Å². The van der Waals surface area contributed by atoms with Crippen molar-refractivity contribution in [2.75, 3.05) is 7.11 Å². The standard InChI is InChI=1S/C19H22O2/c1-3-4-10-19-11-9-16(20)13-15(19)6-5-14-12-17(21-2)7-8-18(14)19/h3-4,7-8,12-13H,5-6,9-11H2,1-2H3/b4-3+/t19-/m1/s1. The van der Waals surface area contributed by atoms with Gasteiger partial charge in [0.25, 0.3) is 0 Å². The highest BCUT2D eigenvalue weighted by Crippen LogP contribution is 2.49. The van der Waals surface area contributed by atoms with Gasteiger partial charge >= 0.3 is 0 Å². The SMILES string of the molecule is C/C=C/C[C@@]12CCC(=O)C=C1CCc1cc(OC)ccc12. The van der Waals surface area contributed by atoms with Gasteiger partial charge in [-0.1, -0.05) is 23.8 Å². The molecule has 0 unspecified atom stereocenters. The van der Waals surface area contributed by atoms with Gasteiger partial charge in [0.05, 0.1) is 7.11 Å². The molecule has 0 spiro atoms. The molecule has 2 aliphatic rings. The average Bonchev–Trinajstić information content (AvgIpc) is 2.52. The van der Waals surface area contributed by atoms with Crippen LogP contribution in [0.4, 0.5) is 0 Å². The number of hydrogen-bond donors (Lipinski definition) is 0. The van der Waals surface area contributed by atoms with Gasteiger partial charge in [-0.15, -0.1) is 0 Å². The van der Waals surface area contributed by atoms with Crippen LogP contribution in [0.15, 0.2) is 42.0 Å². The van der Waals surface area contributed by atoms with E-state index in [2.05, 4.69) is 37.3 Å². The third-order valence-electron chi connectivity index (χ3n) is 4.94. The van der Waals surface area contributed by atoms with E-state index in [4.69, 9.17) is 4.74 Å². The molecule has 110 valence electrons. The number of carbonyl (C=O) groups excluding carboxylic acids is 1. The fourth-order valence-corrected chi connectivity index (χ4v) is 3.82. The molecule has 0 saturated heterocycles. The lowest BCUT2D eigenvalue weighted by Gasteiger charge is -2.43. The number of rotatable bonds is 3. The Morgan fingerprint density at radius 2 is 2.14 bits per heavy atom. The predicted octanol–water partition coefficient (Wildman–Crippen LogP) is 4.13. The molecule has 0 aliphatic heterocycles. The Kier molecular flexibility index (Phi) is 3.71. The first-order valence-electron chi connectivity index (χ1n) is 7.72. The van der Waals surface area contributed by atoms with Crippen molar-refractivity contribution in [3.8, 4) is 5.75 Å². The Morgan fingerprint density at radius 1 is 1.29 bits per heavy atom. The molecule has 3 rings (SSSR count). The number of aryl methyl sites for hydroxylation is 1. The van der Waals surface area contributed by atoms with Gasteiger partial charge < -0.3 is 4.74 Å². The first-order chi connectivity index (χ1) is 10.2. The molecule has 0 fully saturated rings. The Labute approximate surface area is 126 Å². The topological polar surface area (TPSA) is 26.3 Å². The molecule has 2 heteroatoms. The van der Waals surface area contributed by atoms with Gasteiger partial charge in [0.2, 0.25) is 0 Å². The van der Waals surface area contributed by atoms with Crippen LogP contribution >= 0.6 is 0 Å². The monoisotopic (exact) mass is 282 g/mol. The van der Waals surface area contributed by atoms with Crippen molar-refractivity contribution in [3.63, 3.8) is 0 Å². The summed E-state index contributed by atoms with van der Waals surface area (Å²) in [4.78, 5) is 11.8. The van der Waals surface area contributed by atoms with Gasteiger partial charge in [-0.2, -0.15) is 0 Å². The molecular weight excluding hydrogens is 260 g/mol. The first-order valence-corrected chi connectivity index (χ1v) is 7.72. The van der Waals surface area contributed by atoms with E-state index in [9.17, 15) is 4.79 Å². The van der Waals surface area contributed by atoms with Gasteiger partial charge in [-0.25, -0.2) is 0 Å². The summed E-state index contributed by atoms with van der Waals surface area (Å²) in [7, 11) is 1.71. The molecule has 0 saturated carbocycles. The fourth-order valence-electron chi connectivity index (χ4n) is 3.82. The molecule has 0 N–H and O–H groups in total. The Hall–Kier alpha value is -1.83. The third kappa shape index (κ3) is 2.33. The van der Waals surface area contributed by atoms with E-state index in [1.807, 2.05) is 6.08 Å². The number of carbonyl (C=O) groups is 1. The highest BCUT2D eigenvalue weighted by Gasteiger charge is 2.41. The summed E-state index contributed by atoms with van der Waals surface area (Å²) in [6.07, 6.45) is 10.8. The molecule has 0 heterocycles. The molecule has 2 nitrogen and oxygen atoms in total. The number of benzene rings is 1. The zero-order chi connectivity index (χ0) is 14.9. The third-order valence-corrected chi connectivity index (χ3v) is 4.94. The second-order valence-electron chi connectivity index (χ2n) is 6.01. The maximum absolute atomic E-state index is 11.8. The zero-order valence-electron chi connectivity index (χ0n) is 12.8. The van der Waals surface area contributed by atoms with E-state index in [0.717, 1.165) is 31.4 Å². The van der Waals surface area contributed by atoms with Crippen LogP contribution in [-0.4, -0.2) is 12.9 Å². The van der Waals surface area contributed by atoms with E-state index in [1.54, 1.807) is 7.11 Å². The lowest BCUT2D eigenvalue weighted by Crippen LogP contribution is -2.36. The molecular formula is C19H22O2. The zero-order valence-corrected chi connectivity index (χ0v) is 12.8. The molecule has 1 aromatic rings. The smallest absolute Gasteiger partial charge is 0.155 e. The van der Waals surface area contributed by atoms with Crippen molar-refractivity contribution < 1.29 is 9.53 Å². The van der Waals surface area contributed by atoms with E-state index >= 15 is 0 Å². The number of methoxy groups -OCH3 is 1.